The highest BCUT2D eigenvalue weighted by molar-refractivity contribution is 6.02. The Hall–Kier alpha value is -3.07. The number of nitrogen functional groups attached to an aromatic ring is 1. The maximum atomic E-state index is 9.54. The third-order valence-corrected chi connectivity index (χ3v) is 5.39. The van der Waals surface area contributed by atoms with Crippen molar-refractivity contribution < 1.29 is 5.11 Å². The molecule has 0 saturated heterocycles. The molecule has 0 saturated carbocycles. The SMILES string of the molecule is CCC(=Nc1c(C)cc(Cc2cc(C)c(N)c(C)c2)cc1C)c1ccc(O)cc1. The quantitative estimate of drug-likeness (QED) is 0.397. The van der Waals surface area contributed by atoms with E-state index in [4.69, 9.17) is 10.7 Å². The number of rotatable bonds is 5. The van der Waals surface area contributed by atoms with Gasteiger partial charge in [0.1, 0.15) is 5.75 Å². The normalized spacial score (nSPS) is 11.7. The number of hydrogen-bond donors (Lipinski definition) is 2. The minimum Gasteiger partial charge on any atom is -0.508 e. The van der Waals surface area contributed by atoms with Gasteiger partial charge in [-0.15, -0.1) is 0 Å². The fourth-order valence-electron chi connectivity index (χ4n) is 3.86. The van der Waals surface area contributed by atoms with E-state index in [1.165, 1.54) is 22.3 Å². The van der Waals surface area contributed by atoms with Crippen molar-refractivity contribution in [3.05, 3.63) is 87.5 Å². The summed E-state index contributed by atoms with van der Waals surface area (Å²) in [5.41, 5.74) is 17.3. The summed E-state index contributed by atoms with van der Waals surface area (Å²) in [6.45, 7) is 10.5. The van der Waals surface area contributed by atoms with Crippen molar-refractivity contribution in [2.24, 2.45) is 4.99 Å². The lowest BCUT2D eigenvalue weighted by molar-refractivity contribution is 0.475. The second-order valence-electron chi connectivity index (χ2n) is 7.86. The van der Waals surface area contributed by atoms with Gasteiger partial charge in [-0.3, -0.25) is 4.99 Å². The highest BCUT2D eigenvalue weighted by atomic mass is 16.3. The van der Waals surface area contributed by atoms with E-state index in [0.29, 0.717) is 0 Å². The molecule has 0 fully saturated rings. The largest absolute Gasteiger partial charge is 0.508 e. The molecule has 0 radical (unpaired) electrons. The number of aromatic hydroxyl groups is 1. The Kier molecular flexibility index (Phi) is 6.07. The first-order valence-corrected chi connectivity index (χ1v) is 10.1. The van der Waals surface area contributed by atoms with Crippen LogP contribution in [0.25, 0.3) is 0 Å². The average Bonchev–Trinajstić information content (AvgIpc) is 2.66. The van der Waals surface area contributed by atoms with Crippen molar-refractivity contribution in [3.63, 3.8) is 0 Å². The third kappa shape index (κ3) is 4.68. The fourth-order valence-corrected chi connectivity index (χ4v) is 3.86. The second-order valence-corrected chi connectivity index (χ2v) is 7.86. The Morgan fingerprint density at radius 2 is 1.31 bits per heavy atom. The van der Waals surface area contributed by atoms with Crippen molar-refractivity contribution in [1.29, 1.82) is 0 Å². The smallest absolute Gasteiger partial charge is 0.115 e. The molecule has 3 rings (SSSR count). The van der Waals surface area contributed by atoms with Crippen LogP contribution in [-0.2, 0) is 6.42 Å². The lowest BCUT2D eigenvalue weighted by Gasteiger charge is -2.13. The highest BCUT2D eigenvalue weighted by Crippen LogP contribution is 2.29. The molecule has 0 aliphatic heterocycles. The van der Waals surface area contributed by atoms with E-state index in [1.54, 1.807) is 12.1 Å². The molecule has 3 aromatic rings. The summed E-state index contributed by atoms with van der Waals surface area (Å²) >= 11 is 0. The summed E-state index contributed by atoms with van der Waals surface area (Å²) < 4.78 is 0. The van der Waals surface area contributed by atoms with Crippen molar-refractivity contribution >= 4 is 17.1 Å². The number of aryl methyl sites for hydroxylation is 4. The number of phenolic OH excluding ortho intramolecular Hbond substituents is 1. The predicted octanol–water partition coefficient (Wildman–Crippen LogP) is 6.33. The standard InChI is InChI=1S/C26H30N2O/c1-6-24(22-7-9-23(29)10-8-22)28-26-18(4)13-21(14-19(26)5)15-20-11-16(2)25(27)17(3)12-20/h7-14,29H,6,15,27H2,1-5H3. The predicted molar refractivity (Wildman–Crippen MR) is 124 cm³/mol. The molecule has 0 heterocycles. The van der Waals surface area contributed by atoms with Crippen molar-refractivity contribution in [1.82, 2.24) is 0 Å². The summed E-state index contributed by atoms with van der Waals surface area (Å²) in [6.07, 6.45) is 1.71. The van der Waals surface area contributed by atoms with Gasteiger partial charge in [0, 0.05) is 11.4 Å². The number of anilines is 1. The first-order valence-electron chi connectivity index (χ1n) is 10.1. The summed E-state index contributed by atoms with van der Waals surface area (Å²) in [5.74, 6) is 0.272. The molecule has 29 heavy (non-hydrogen) atoms. The first-order chi connectivity index (χ1) is 13.8. The van der Waals surface area contributed by atoms with E-state index in [-0.39, 0.29) is 5.75 Å². The maximum absolute atomic E-state index is 9.54. The van der Waals surface area contributed by atoms with Crippen LogP contribution in [0.4, 0.5) is 11.4 Å². The lowest BCUT2D eigenvalue weighted by Crippen LogP contribution is -2.00. The van der Waals surface area contributed by atoms with Crippen LogP contribution in [0.3, 0.4) is 0 Å². The molecule has 0 spiro atoms. The molecule has 0 amide bonds. The van der Waals surface area contributed by atoms with Gasteiger partial charge in [0.15, 0.2) is 0 Å². The summed E-state index contributed by atoms with van der Waals surface area (Å²) in [7, 11) is 0. The Balaban J connectivity index is 1.94. The van der Waals surface area contributed by atoms with Crippen molar-refractivity contribution in [2.45, 2.75) is 47.5 Å². The topological polar surface area (TPSA) is 58.6 Å². The molecule has 3 N–H and O–H groups in total. The van der Waals surface area contributed by atoms with E-state index in [2.05, 4.69) is 58.9 Å². The number of phenols is 1. The summed E-state index contributed by atoms with van der Waals surface area (Å²) in [5, 5.41) is 9.54. The molecule has 150 valence electrons. The van der Waals surface area contributed by atoms with Gasteiger partial charge < -0.3 is 10.8 Å². The van der Waals surface area contributed by atoms with E-state index in [1.807, 2.05) is 12.1 Å². The van der Waals surface area contributed by atoms with Crippen LogP contribution in [0, 0.1) is 27.7 Å². The van der Waals surface area contributed by atoms with Crippen LogP contribution in [0.15, 0.2) is 53.5 Å². The Labute approximate surface area is 173 Å². The Morgan fingerprint density at radius 1 is 0.828 bits per heavy atom. The fraction of sp³-hybridized carbons (Fsp3) is 0.269. The molecule has 3 heteroatoms. The number of benzene rings is 3. The third-order valence-electron chi connectivity index (χ3n) is 5.39. The van der Waals surface area contributed by atoms with Crippen LogP contribution in [0.2, 0.25) is 0 Å². The minimum atomic E-state index is 0.272. The molecule has 0 bridgehead atoms. The molecule has 3 nitrogen and oxygen atoms in total. The van der Waals surface area contributed by atoms with Crippen LogP contribution in [0.5, 0.6) is 5.75 Å². The van der Waals surface area contributed by atoms with Gasteiger partial charge in [0.2, 0.25) is 0 Å². The van der Waals surface area contributed by atoms with E-state index in [0.717, 1.165) is 46.6 Å². The van der Waals surface area contributed by atoms with Crippen molar-refractivity contribution in [3.8, 4) is 5.75 Å². The van der Waals surface area contributed by atoms with Gasteiger partial charge in [-0.2, -0.15) is 0 Å². The molecule has 3 aromatic carbocycles. The molecule has 0 aliphatic carbocycles. The zero-order valence-corrected chi connectivity index (χ0v) is 18.0. The van der Waals surface area contributed by atoms with Gasteiger partial charge in [-0.1, -0.05) is 31.2 Å². The highest BCUT2D eigenvalue weighted by Gasteiger charge is 2.09. The van der Waals surface area contributed by atoms with Gasteiger partial charge in [0.05, 0.1) is 5.69 Å². The van der Waals surface area contributed by atoms with E-state index < -0.39 is 0 Å². The monoisotopic (exact) mass is 386 g/mol. The number of hydrogen-bond acceptors (Lipinski definition) is 3. The Morgan fingerprint density at radius 3 is 1.79 bits per heavy atom. The van der Waals surface area contributed by atoms with Gasteiger partial charge in [-0.05, 0) is 104 Å². The summed E-state index contributed by atoms with van der Waals surface area (Å²) in [4.78, 5) is 4.98. The van der Waals surface area contributed by atoms with Gasteiger partial charge in [0.25, 0.3) is 0 Å². The Bertz CT molecular complexity index is 1020. The number of aliphatic imine (C=N–C) groups is 1. The number of nitrogens with two attached hydrogens (primary N) is 1. The summed E-state index contributed by atoms with van der Waals surface area (Å²) in [6, 6.07) is 16.1. The zero-order valence-electron chi connectivity index (χ0n) is 18.0. The zero-order chi connectivity index (χ0) is 21.1. The van der Waals surface area contributed by atoms with Crippen LogP contribution in [-0.4, -0.2) is 10.8 Å². The van der Waals surface area contributed by atoms with Crippen LogP contribution in [0.1, 0.15) is 52.3 Å². The van der Waals surface area contributed by atoms with Gasteiger partial charge in [-0.25, -0.2) is 0 Å². The minimum absolute atomic E-state index is 0.272. The molecule has 0 atom stereocenters. The van der Waals surface area contributed by atoms with Crippen LogP contribution >= 0.6 is 0 Å². The average molecular weight is 387 g/mol. The van der Waals surface area contributed by atoms with Crippen LogP contribution < -0.4 is 5.73 Å². The molecule has 0 unspecified atom stereocenters. The maximum Gasteiger partial charge on any atom is 0.115 e. The molecular formula is C26H30N2O. The van der Waals surface area contributed by atoms with Crippen molar-refractivity contribution in [2.75, 3.05) is 5.73 Å². The van der Waals surface area contributed by atoms with E-state index in [9.17, 15) is 5.11 Å². The number of nitrogens with zero attached hydrogens (tertiary/aromatic N) is 1. The second kappa shape index (κ2) is 8.52. The van der Waals surface area contributed by atoms with Gasteiger partial charge >= 0.3 is 0 Å². The van der Waals surface area contributed by atoms with E-state index >= 15 is 0 Å². The first kappa shape index (κ1) is 20.7. The lowest BCUT2D eigenvalue weighted by atomic mass is 9.96. The molecule has 0 aromatic heterocycles. The molecular weight excluding hydrogens is 356 g/mol. The molecule has 0 aliphatic rings.